The standard InChI is InChI=1S/C22H28ClN3O6/c1-26(13-21(28)25-16-10-14(23)6-7-17(16)29-2)9-8-20(27)24-15-11-18(30-3)22(32-5)19(12-15)31-4/h6-7,10-12H,8-9,13H2,1-5H3,(H,24,27)(H,25,28). The van der Waals surface area contributed by atoms with Gasteiger partial charge in [-0.2, -0.15) is 0 Å². The highest BCUT2D eigenvalue weighted by molar-refractivity contribution is 6.31. The van der Waals surface area contributed by atoms with E-state index >= 15 is 0 Å². The zero-order valence-corrected chi connectivity index (χ0v) is 19.5. The van der Waals surface area contributed by atoms with E-state index in [1.54, 1.807) is 42.3 Å². The van der Waals surface area contributed by atoms with Crippen molar-refractivity contribution in [1.29, 1.82) is 0 Å². The molecule has 2 aromatic rings. The van der Waals surface area contributed by atoms with Crippen molar-refractivity contribution in [3.05, 3.63) is 35.4 Å². The van der Waals surface area contributed by atoms with Crippen LogP contribution in [0.2, 0.25) is 5.02 Å². The van der Waals surface area contributed by atoms with Crippen molar-refractivity contribution in [2.24, 2.45) is 0 Å². The van der Waals surface area contributed by atoms with E-state index in [9.17, 15) is 9.59 Å². The number of anilines is 2. The van der Waals surface area contributed by atoms with Gasteiger partial charge in [-0.3, -0.25) is 14.5 Å². The van der Waals surface area contributed by atoms with Gasteiger partial charge in [0.1, 0.15) is 5.75 Å². The second-order valence-electron chi connectivity index (χ2n) is 6.84. The highest BCUT2D eigenvalue weighted by Gasteiger charge is 2.15. The second kappa shape index (κ2) is 12.0. The molecule has 0 fully saturated rings. The molecule has 0 aliphatic carbocycles. The number of nitrogens with one attached hydrogen (secondary N) is 2. The molecule has 10 heteroatoms. The van der Waals surface area contributed by atoms with Crippen molar-refractivity contribution in [3.63, 3.8) is 0 Å². The summed E-state index contributed by atoms with van der Waals surface area (Å²) in [7, 11) is 7.77. The van der Waals surface area contributed by atoms with E-state index in [4.69, 9.17) is 30.5 Å². The fourth-order valence-electron chi connectivity index (χ4n) is 2.96. The number of rotatable bonds is 11. The number of carbonyl (C=O) groups excluding carboxylic acids is 2. The van der Waals surface area contributed by atoms with Gasteiger partial charge in [0, 0.05) is 35.8 Å². The summed E-state index contributed by atoms with van der Waals surface area (Å²) in [5, 5.41) is 6.05. The molecule has 2 rings (SSSR count). The number of benzene rings is 2. The van der Waals surface area contributed by atoms with Crippen molar-refractivity contribution in [3.8, 4) is 23.0 Å². The zero-order chi connectivity index (χ0) is 23.7. The molecule has 0 aliphatic rings. The lowest BCUT2D eigenvalue weighted by molar-refractivity contribution is -0.119. The van der Waals surface area contributed by atoms with Crippen LogP contribution < -0.4 is 29.6 Å². The molecule has 9 nitrogen and oxygen atoms in total. The van der Waals surface area contributed by atoms with Gasteiger partial charge < -0.3 is 29.6 Å². The monoisotopic (exact) mass is 465 g/mol. The van der Waals surface area contributed by atoms with Crippen LogP contribution in [0.3, 0.4) is 0 Å². The minimum Gasteiger partial charge on any atom is -0.495 e. The van der Waals surface area contributed by atoms with E-state index in [1.165, 1.54) is 28.4 Å². The minimum absolute atomic E-state index is 0.0904. The van der Waals surface area contributed by atoms with Crippen molar-refractivity contribution in [2.45, 2.75) is 6.42 Å². The second-order valence-corrected chi connectivity index (χ2v) is 7.28. The molecule has 0 aliphatic heterocycles. The predicted octanol–water partition coefficient (Wildman–Crippen LogP) is 3.27. The van der Waals surface area contributed by atoms with E-state index in [1.807, 2.05) is 0 Å². The molecule has 2 N–H and O–H groups in total. The Bertz CT molecular complexity index is 928. The van der Waals surface area contributed by atoms with Crippen LogP contribution in [0, 0.1) is 0 Å². The summed E-state index contributed by atoms with van der Waals surface area (Å²) in [6, 6.07) is 8.26. The van der Waals surface area contributed by atoms with E-state index in [2.05, 4.69) is 10.6 Å². The van der Waals surface area contributed by atoms with Crippen LogP contribution in [0.1, 0.15) is 6.42 Å². The number of hydrogen-bond acceptors (Lipinski definition) is 7. The molecule has 32 heavy (non-hydrogen) atoms. The fourth-order valence-corrected chi connectivity index (χ4v) is 3.13. The smallest absolute Gasteiger partial charge is 0.238 e. The molecule has 0 aromatic heterocycles. The third kappa shape index (κ3) is 6.93. The topological polar surface area (TPSA) is 98.4 Å². The molecule has 0 radical (unpaired) electrons. The number of likely N-dealkylation sites (N-methyl/N-ethyl adjacent to an activating group) is 1. The van der Waals surface area contributed by atoms with E-state index < -0.39 is 0 Å². The van der Waals surface area contributed by atoms with Crippen molar-refractivity contribution in [2.75, 3.05) is 59.2 Å². The molecule has 2 aromatic carbocycles. The molecule has 0 atom stereocenters. The molecule has 0 spiro atoms. The minimum atomic E-state index is -0.252. The first-order valence-electron chi connectivity index (χ1n) is 9.73. The van der Waals surface area contributed by atoms with Crippen LogP contribution in [-0.2, 0) is 9.59 Å². The molecule has 2 amide bonds. The number of hydrogen-bond donors (Lipinski definition) is 2. The Hall–Kier alpha value is -3.17. The van der Waals surface area contributed by atoms with E-state index in [0.29, 0.717) is 45.9 Å². The van der Waals surface area contributed by atoms with Gasteiger partial charge in [-0.25, -0.2) is 0 Å². The Morgan fingerprint density at radius 2 is 1.50 bits per heavy atom. The molecule has 0 saturated heterocycles. The van der Waals surface area contributed by atoms with E-state index in [-0.39, 0.29) is 24.8 Å². The van der Waals surface area contributed by atoms with Crippen LogP contribution in [0.15, 0.2) is 30.3 Å². The number of methoxy groups -OCH3 is 4. The maximum atomic E-state index is 12.4. The number of carbonyl (C=O) groups is 2. The van der Waals surface area contributed by atoms with Crippen molar-refractivity contribution in [1.82, 2.24) is 4.90 Å². The Morgan fingerprint density at radius 1 is 0.875 bits per heavy atom. The Morgan fingerprint density at radius 3 is 2.06 bits per heavy atom. The van der Waals surface area contributed by atoms with Gasteiger partial charge in [0.15, 0.2) is 11.5 Å². The van der Waals surface area contributed by atoms with Gasteiger partial charge in [0.2, 0.25) is 17.6 Å². The maximum absolute atomic E-state index is 12.4. The normalized spacial score (nSPS) is 10.5. The van der Waals surface area contributed by atoms with Crippen molar-refractivity contribution < 1.29 is 28.5 Å². The molecular weight excluding hydrogens is 438 g/mol. The van der Waals surface area contributed by atoms with Gasteiger partial charge >= 0.3 is 0 Å². The quantitative estimate of drug-likeness (QED) is 0.525. The Balaban J connectivity index is 1.89. The lowest BCUT2D eigenvalue weighted by atomic mass is 10.2. The highest BCUT2D eigenvalue weighted by atomic mass is 35.5. The van der Waals surface area contributed by atoms with Crippen LogP contribution in [0.5, 0.6) is 23.0 Å². The summed E-state index contributed by atoms with van der Waals surface area (Å²) >= 11 is 5.98. The SMILES string of the molecule is COc1ccc(Cl)cc1NC(=O)CN(C)CCC(=O)Nc1cc(OC)c(OC)c(OC)c1. The lowest BCUT2D eigenvalue weighted by Gasteiger charge is -2.17. The first-order valence-corrected chi connectivity index (χ1v) is 10.1. The first kappa shape index (κ1) is 25.1. The molecule has 0 saturated carbocycles. The largest absolute Gasteiger partial charge is 0.495 e. The van der Waals surface area contributed by atoms with Crippen LogP contribution >= 0.6 is 11.6 Å². The van der Waals surface area contributed by atoms with Gasteiger partial charge in [0.25, 0.3) is 0 Å². The van der Waals surface area contributed by atoms with Crippen LogP contribution in [0.25, 0.3) is 0 Å². The molecule has 0 heterocycles. The average Bonchev–Trinajstić information content (AvgIpc) is 2.77. The van der Waals surface area contributed by atoms with Crippen molar-refractivity contribution >= 4 is 34.8 Å². The maximum Gasteiger partial charge on any atom is 0.238 e. The highest BCUT2D eigenvalue weighted by Crippen LogP contribution is 2.39. The van der Waals surface area contributed by atoms with Gasteiger partial charge in [-0.15, -0.1) is 0 Å². The number of halogens is 1. The van der Waals surface area contributed by atoms with E-state index in [0.717, 1.165) is 0 Å². The summed E-state index contributed by atoms with van der Waals surface area (Å²) in [5.41, 5.74) is 0.997. The molecule has 0 unspecified atom stereocenters. The Kier molecular flexibility index (Phi) is 9.42. The third-order valence-electron chi connectivity index (χ3n) is 4.52. The summed E-state index contributed by atoms with van der Waals surface area (Å²) in [4.78, 5) is 26.5. The van der Waals surface area contributed by atoms with Gasteiger partial charge in [-0.05, 0) is 25.2 Å². The molecule has 0 bridgehead atoms. The molecular formula is C22H28ClN3O6. The van der Waals surface area contributed by atoms with Crippen LogP contribution in [-0.4, -0.2) is 65.3 Å². The lowest BCUT2D eigenvalue weighted by Crippen LogP contribution is -2.32. The fraction of sp³-hybridized carbons (Fsp3) is 0.364. The summed E-state index contributed by atoms with van der Waals surface area (Å²) < 4.78 is 21.1. The van der Waals surface area contributed by atoms with Gasteiger partial charge in [0.05, 0.1) is 40.7 Å². The number of nitrogens with zero attached hydrogens (tertiary/aromatic N) is 1. The summed E-state index contributed by atoms with van der Waals surface area (Å²) in [6.07, 6.45) is 0.181. The third-order valence-corrected chi connectivity index (χ3v) is 4.75. The molecule has 174 valence electrons. The predicted molar refractivity (Wildman–Crippen MR) is 123 cm³/mol. The average molecular weight is 466 g/mol. The zero-order valence-electron chi connectivity index (χ0n) is 18.8. The Labute approximate surface area is 192 Å². The van der Waals surface area contributed by atoms with Gasteiger partial charge in [-0.1, -0.05) is 11.6 Å². The summed E-state index contributed by atoms with van der Waals surface area (Å²) in [6.45, 7) is 0.462. The number of amides is 2. The summed E-state index contributed by atoms with van der Waals surface area (Å²) in [5.74, 6) is 1.35. The number of ether oxygens (including phenoxy) is 4. The first-order chi connectivity index (χ1) is 15.3. The van der Waals surface area contributed by atoms with Crippen LogP contribution in [0.4, 0.5) is 11.4 Å².